The van der Waals surface area contributed by atoms with E-state index in [0.717, 1.165) is 12.0 Å². The Kier molecular flexibility index (Phi) is 4.85. The van der Waals surface area contributed by atoms with Crippen molar-refractivity contribution in [3.05, 3.63) is 52.7 Å². The zero-order valence-electron chi connectivity index (χ0n) is 13.3. The molecule has 1 N–H and O–H groups in total. The van der Waals surface area contributed by atoms with Gasteiger partial charge in [-0.25, -0.2) is 4.98 Å². The zero-order chi connectivity index (χ0) is 17.1. The summed E-state index contributed by atoms with van der Waals surface area (Å²) < 4.78 is 5.03. The lowest BCUT2D eigenvalue weighted by molar-refractivity contribution is -0.127. The van der Waals surface area contributed by atoms with E-state index in [1.165, 1.54) is 6.39 Å². The molecule has 1 unspecified atom stereocenters. The standard InChI is InChI=1S/C17H18ClN3O3/c1-11-16(19-10-24-11)17(23)20-14-8-15(22)21(9-14)6-5-12-3-2-4-13(18)7-12/h2-4,7,10,14H,5-6,8-9H2,1H3,(H,20,23). The van der Waals surface area contributed by atoms with Crippen LogP contribution >= 0.6 is 11.6 Å². The molecule has 1 aromatic heterocycles. The number of aryl methyl sites for hydroxylation is 1. The number of nitrogens with zero attached hydrogens (tertiary/aromatic N) is 2. The molecule has 1 aliphatic heterocycles. The average Bonchev–Trinajstić information content (AvgIpc) is 3.11. The van der Waals surface area contributed by atoms with Crippen LogP contribution in [0.4, 0.5) is 0 Å². The molecule has 24 heavy (non-hydrogen) atoms. The molecule has 0 radical (unpaired) electrons. The molecule has 0 aliphatic carbocycles. The lowest BCUT2D eigenvalue weighted by Crippen LogP contribution is -2.37. The highest BCUT2D eigenvalue weighted by atomic mass is 35.5. The zero-order valence-corrected chi connectivity index (χ0v) is 14.0. The highest BCUT2D eigenvalue weighted by Crippen LogP contribution is 2.15. The first-order valence-corrected chi connectivity index (χ1v) is 8.14. The molecule has 0 spiro atoms. The van der Waals surface area contributed by atoms with E-state index in [1.54, 1.807) is 11.8 Å². The van der Waals surface area contributed by atoms with E-state index in [-0.39, 0.29) is 23.6 Å². The third-order valence-electron chi connectivity index (χ3n) is 4.07. The van der Waals surface area contributed by atoms with Crippen LogP contribution in [0.5, 0.6) is 0 Å². The van der Waals surface area contributed by atoms with Gasteiger partial charge in [0.15, 0.2) is 12.1 Å². The first-order valence-electron chi connectivity index (χ1n) is 7.76. The van der Waals surface area contributed by atoms with Crippen molar-refractivity contribution in [2.75, 3.05) is 13.1 Å². The minimum atomic E-state index is -0.309. The number of carbonyl (C=O) groups excluding carboxylic acids is 2. The number of oxazole rings is 1. The van der Waals surface area contributed by atoms with Crippen LogP contribution in [0.3, 0.4) is 0 Å². The van der Waals surface area contributed by atoms with Gasteiger partial charge < -0.3 is 14.6 Å². The summed E-state index contributed by atoms with van der Waals surface area (Å²) in [5.74, 6) is 0.199. The van der Waals surface area contributed by atoms with Gasteiger partial charge in [0.05, 0.1) is 6.04 Å². The smallest absolute Gasteiger partial charge is 0.273 e. The molecule has 1 aromatic carbocycles. The minimum Gasteiger partial charge on any atom is -0.448 e. The van der Waals surface area contributed by atoms with Crippen LogP contribution in [0, 0.1) is 6.92 Å². The van der Waals surface area contributed by atoms with Crippen molar-refractivity contribution in [2.45, 2.75) is 25.8 Å². The van der Waals surface area contributed by atoms with Gasteiger partial charge in [0.25, 0.3) is 5.91 Å². The first-order chi connectivity index (χ1) is 11.5. The molecule has 0 saturated carbocycles. The van der Waals surface area contributed by atoms with Crippen LogP contribution in [0.15, 0.2) is 35.1 Å². The molecule has 2 amide bonds. The highest BCUT2D eigenvalue weighted by molar-refractivity contribution is 6.30. The van der Waals surface area contributed by atoms with Gasteiger partial charge in [0, 0.05) is 24.5 Å². The summed E-state index contributed by atoms with van der Waals surface area (Å²) in [4.78, 5) is 29.9. The summed E-state index contributed by atoms with van der Waals surface area (Å²) >= 11 is 5.97. The number of aromatic nitrogens is 1. The van der Waals surface area contributed by atoms with Gasteiger partial charge in [-0.1, -0.05) is 23.7 Å². The normalized spacial score (nSPS) is 17.3. The second-order valence-corrected chi connectivity index (χ2v) is 6.29. The Labute approximate surface area is 144 Å². The van der Waals surface area contributed by atoms with E-state index >= 15 is 0 Å². The van der Waals surface area contributed by atoms with Crippen molar-refractivity contribution in [3.63, 3.8) is 0 Å². The van der Waals surface area contributed by atoms with Crippen molar-refractivity contribution in [1.82, 2.24) is 15.2 Å². The van der Waals surface area contributed by atoms with Gasteiger partial charge in [-0.15, -0.1) is 0 Å². The SMILES string of the molecule is Cc1ocnc1C(=O)NC1CC(=O)N(CCc2cccc(Cl)c2)C1. The number of benzene rings is 1. The molecule has 1 aliphatic rings. The number of likely N-dealkylation sites (tertiary alicyclic amines) is 1. The van der Waals surface area contributed by atoms with Gasteiger partial charge in [-0.3, -0.25) is 9.59 Å². The summed E-state index contributed by atoms with van der Waals surface area (Å²) in [5, 5.41) is 3.53. The predicted octanol–water partition coefficient (Wildman–Crippen LogP) is 2.21. The van der Waals surface area contributed by atoms with Crippen LogP contribution in [0.25, 0.3) is 0 Å². The summed E-state index contributed by atoms with van der Waals surface area (Å²) in [6, 6.07) is 7.39. The summed E-state index contributed by atoms with van der Waals surface area (Å²) in [5.41, 5.74) is 1.35. The third kappa shape index (κ3) is 3.76. The Morgan fingerprint density at radius 3 is 3.04 bits per heavy atom. The number of nitrogens with one attached hydrogen (secondary N) is 1. The molecule has 2 heterocycles. The lowest BCUT2D eigenvalue weighted by Gasteiger charge is -2.17. The number of amides is 2. The Bertz CT molecular complexity index is 759. The molecule has 6 nitrogen and oxygen atoms in total. The van der Waals surface area contributed by atoms with Gasteiger partial charge in [0.2, 0.25) is 5.91 Å². The number of rotatable bonds is 5. The lowest BCUT2D eigenvalue weighted by atomic mass is 10.1. The largest absolute Gasteiger partial charge is 0.448 e. The number of halogens is 1. The van der Waals surface area contributed by atoms with Crippen molar-refractivity contribution < 1.29 is 14.0 Å². The molecule has 1 atom stereocenters. The number of hydrogen-bond donors (Lipinski definition) is 1. The van der Waals surface area contributed by atoms with E-state index in [4.69, 9.17) is 16.0 Å². The van der Waals surface area contributed by atoms with Crippen molar-refractivity contribution in [1.29, 1.82) is 0 Å². The van der Waals surface area contributed by atoms with Crippen LogP contribution < -0.4 is 5.32 Å². The maximum absolute atomic E-state index is 12.1. The third-order valence-corrected chi connectivity index (χ3v) is 4.30. The van der Waals surface area contributed by atoms with E-state index < -0.39 is 0 Å². The first kappa shape index (κ1) is 16.5. The maximum Gasteiger partial charge on any atom is 0.273 e. The Morgan fingerprint density at radius 1 is 1.50 bits per heavy atom. The second kappa shape index (κ2) is 7.05. The monoisotopic (exact) mass is 347 g/mol. The fourth-order valence-electron chi connectivity index (χ4n) is 2.82. The summed E-state index contributed by atoms with van der Waals surface area (Å²) in [6.07, 6.45) is 2.27. The molecule has 2 aromatic rings. The quantitative estimate of drug-likeness (QED) is 0.899. The molecular formula is C17H18ClN3O3. The van der Waals surface area contributed by atoms with Gasteiger partial charge in [-0.2, -0.15) is 0 Å². The number of hydrogen-bond acceptors (Lipinski definition) is 4. The van der Waals surface area contributed by atoms with Gasteiger partial charge in [0.1, 0.15) is 5.76 Å². The van der Waals surface area contributed by atoms with E-state index in [2.05, 4.69) is 10.3 Å². The van der Waals surface area contributed by atoms with Crippen molar-refractivity contribution in [3.8, 4) is 0 Å². The van der Waals surface area contributed by atoms with Crippen LogP contribution in [-0.4, -0.2) is 40.8 Å². The Morgan fingerprint density at radius 2 is 2.33 bits per heavy atom. The van der Waals surface area contributed by atoms with Crippen molar-refractivity contribution >= 4 is 23.4 Å². The van der Waals surface area contributed by atoms with Crippen molar-refractivity contribution in [2.24, 2.45) is 0 Å². The Hall–Kier alpha value is -2.34. The highest BCUT2D eigenvalue weighted by Gasteiger charge is 2.31. The molecule has 1 saturated heterocycles. The summed E-state index contributed by atoms with van der Waals surface area (Å²) in [6.45, 7) is 2.79. The minimum absolute atomic E-state index is 0.0409. The average molecular weight is 348 g/mol. The van der Waals surface area contributed by atoms with Crippen LogP contribution in [0.2, 0.25) is 5.02 Å². The molecule has 1 fully saturated rings. The van der Waals surface area contributed by atoms with Gasteiger partial charge in [-0.05, 0) is 31.0 Å². The molecule has 3 rings (SSSR count). The maximum atomic E-state index is 12.1. The fraction of sp³-hybridized carbons (Fsp3) is 0.353. The number of carbonyl (C=O) groups is 2. The molecule has 7 heteroatoms. The Balaban J connectivity index is 1.54. The van der Waals surface area contributed by atoms with Gasteiger partial charge >= 0.3 is 0 Å². The second-order valence-electron chi connectivity index (χ2n) is 5.85. The fourth-order valence-corrected chi connectivity index (χ4v) is 3.03. The van der Waals surface area contributed by atoms with E-state index in [9.17, 15) is 9.59 Å². The van der Waals surface area contributed by atoms with Crippen LogP contribution in [0.1, 0.15) is 28.2 Å². The predicted molar refractivity (Wildman–Crippen MR) is 88.8 cm³/mol. The topological polar surface area (TPSA) is 75.4 Å². The van der Waals surface area contributed by atoms with E-state index in [1.807, 2.05) is 24.3 Å². The van der Waals surface area contributed by atoms with Crippen LogP contribution in [-0.2, 0) is 11.2 Å². The molecule has 0 bridgehead atoms. The van der Waals surface area contributed by atoms with E-state index in [0.29, 0.717) is 30.3 Å². The summed E-state index contributed by atoms with van der Waals surface area (Å²) in [7, 11) is 0. The molecule has 126 valence electrons. The molecular weight excluding hydrogens is 330 g/mol.